The zero-order valence-corrected chi connectivity index (χ0v) is 10.6. The third-order valence-corrected chi connectivity index (χ3v) is 7.28. The lowest BCUT2D eigenvalue weighted by Crippen LogP contribution is -2.55. The van der Waals surface area contributed by atoms with Crippen LogP contribution in [-0.2, 0) is 39.9 Å². The van der Waals surface area contributed by atoms with E-state index in [0.717, 1.165) is 0 Å². The van der Waals surface area contributed by atoms with E-state index in [2.05, 4.69) is 11.3 Å². The lowest BCUT2D eigenvalue weighted by atomic mass is 10.7. The van der Waals surface area contributed by atoms with Crippen LogP contribution >= 0.6 is 0 Å². The Bertz CT molecular complexity index is 583. The molecule has 0 aromatic heterocycles. The number of hydrogen-bond acceptors (Lipinski definition) is 8. The van der Waals surface area contributed by atoms with Crippen LogP contribution in [0.15, 0.2) is 12.7 Å². The zero-order valence-electron chi connectivity index (χ0n) is 8.12. The average molecular weight is 326 g/mol. The fourth-order valence-corrected chi connectivity index (χ4v) is 4.48. The topological polar surface area (TPSA) is 189 Å². The van der Waals surface area contributed by atoms with Crippen LogP contribution in [-0.4, -0.2) is 48.5 Å². The average Bonchev–Trinajstić information content (AvgIpc) is 2.07. The Hall–Kier alpha value is -1.06. The molecule has 0 saturated heterocycles. The normalized spacial score (nSPS) is 13.9. The minimum Gasteiger partial charge on any atom is -0.407 e. The van der Waals surface area contributed by atoms with Crippen LogP contribution in [0.4, 0.5) is 0 Å². The molecule has 0 heterocycles. The Morgan fingerprint density at radius 3 is 1.39 bits per heavy atom. The zero-order chi connectivity index (χ0) is 15.0. The monoisotopic (exact) mass is 326 g/mol. The molecular formula is C4H6O11S3. The summed E-state index contributed by atoms with van der Waals surface area (Å²) in [6, 6.07) is 0. The van der Waals surface area contributed by atoms with Crippen LogP contribution in [0.25, 0.3) is 0 Å². The summed E-state index contributed by atoms with van der Waals surface area (Å²) in [6.45, 7) is 2.69. The molecule has 18 heavy (non-hydrogen) atoms. The molecule has 106 valence electrons. The minimum atomic E-state index is -6.31. The van der Waals surface area contributed by atoms with Crippen LogP contribution in [0.1, 0.15) is 0 Å². The van der Waals surface area contributed by atoms with E-state index in [4.69, 9.17) is 13.7 Å². The predicted molar refractivity (Wildman–Crippen MR) is 53.7 cm³/mol. The number of esters is 1. The molecule has 0 fully saturated rings. The van der Waals surface area contributed by atoms with Crippen LogP contribution in [0.3, 0.4) is 0 Å². The molecule has 11 nitrogen and oxygen atoms in total. The molecule has 0 aliphatic carbocycles. The maximum atomic E-state index is 10.8. The van der Waals surface area contributed by atoms with Gasteiger partial charge in [-0.15, -0.1) is 0 Å². The Morgan fingerprint density at radius 1 is 0.944 bits per heavy atom. The van der Waals surface area contributed by atoms with E-state index in [0.29, 0.717) is 0 Å². The molecule has 0 atom stereocenters. The molecule has 0 amide bonds. The molecule has 0 radical (unpaired) electrons. The van der Waals surface area contributed by atoms with E-state index in [9.17, 15) is 30.0 Å². The van der Waals surface area contributed by atoms with E-state index >= 15 is 0 Å². The van der Waals surface area contributed by atoms with Crippen LogP contribution < -0.4 is 0 Å². The number of hydrogen-bond donors (Lipinski definition) is 3. The summed E-state index contributed by atoms with van der Waals surface area (Å²) < 4.78 is 88.6. The van der Waals surface area contributed by atoms with Crippen LogP contribution in [0, 0.1) is 0 Å². The van der Waals surface area contributed by atoms with Crippen molar-refractivity contribution in [3.05, 3.63) is 12.7 Å². The van der Waals surface area contributed by atoms with Crippen molar-refractivity contribution < 1.29 is 48.4 Å². The van der Waals surface area contributed by atoms with Gasteiger partial charge in [0.1, 0.15) is 0 Å². The SMILES string of the molecule is C=CC(=O)OC(S(=O)(=O)O)(S(=O)(=O)O)S(=O)(=O)O. The molecule has 0 rings (SSSR count). The summed E-state index contributed by atoms with van der Waals surface area (Å²) in [5.41, 5.74) is 0. The molecular weight excluding hydrogens is 320 g/mol. The van der Waals surface area contributed by atoms with Gasteiger partial charge in [0, 0.05) is 6.08 Å². The first-order valence-corrected chi connectivity index (χ1v) is 7.79. The summed E-state index contributed by atoms with van der Waals surface area (Å²) in [5.74, 6) is -1.97. The first-order valence-electron chi connectivity index (χ1n) is 3.47. The first-order chi connectivity index (χ1) is 7.70. The van der Waals surface area contributed by atoms with E-state index in [-0.39, 0.29) is 6.08 Å². The number of ether oxygens (including phenoxy) is 1. The fraction of sp³-hybridized carbons (Fsp3) is 0.250. The second-order valence-electron chi connectivity index (χ2n) is 2.55. The molecule has 0 aromatic carbocycles. The Balaban J connectivity index is 6.68. The van der Waals surface area contributed by atoms with Crippen molar-refractivity contribution in [1.82, 2.24) is 0 Å². The van der Waals surface area contributed by atoms with Gasteiger partial charge in [0.25, 0.3) is 0 Å². The largest absolute Gasteiger partial charge is 0.486 e. The molecule has 0 aliphatic rings. The highest BCUT2D eigenvalue weighted by Crippen LogP contribution is 2.31. The maximum absolute atomic E-state index is 10.8. The number of carbonyl (C=O) groups is 1. The van der Waals surface area contributed by atoms with E-state index in [1.165, 1.54) is 0 Å². The molecule has 14 heteroatoms. The lowest BCUT2D eigenvalue weighted by molar-refractivity contribution is -0.139. The number of carbonyl (C=O) groups excluding carboxylic acids is 1. The quantitative estimate of drug-likeness (QED) is 0.287. The van der Waals surface area contributed by atoms with Crippen molar-refractivity contribution in [3.63, 3.8) is 0 Å². The highest BCUT2D eigenvalue weighted by atomic mass is 32.3. The van der Waals surface area contributed by atoms with Gasteiger partial charge in [-0.05, 0) is 0 Å². The van der Waals surface area contributed by atoms with Gasteiger partial charge < -0.3 is 4.74 Å². The van der Waals surface area contributed by atoms with Gasteiger partial charge in [-0.2, -0.15) is 25.3 Å². The Kier molecular flexibility index (Phi) is 4.29. The van der Waals surface area contributed by atoms with Gasteiger partial charge in [-0.1, -0.05) is 6.58 Å². The van der Waals surface area contributed by atoms with Crippen molar-refractivity contribution in [2.24, 2.45) is 0 Å². The van der Waals surface area contributed by atoms with Crippen LogP contribution in [0.5, 0.6) is 0 Å². The van der Waals surface area contributed by atoms with Gasteiger partial charge in [-0.3, -0.25) is 13.7 Å². The van der Waals surface area contributed by atoms with E-state index in [1.54, 1.807) is 0 Å². The standard InChI is InChI=1S/C4H6O11S3/c1-2-3(5)15-4(16(6,7)8,17(9,10)11)18(12,13)14/h2H,1H2,(H,6,7,8)(H,9,10,11)(H,12,13,14). The smallest absolute Gasteiger partial charge is 0.407 e. The highest BCUT2D eigenvalue weighted by Gasteiger charge is 2.69. The van der Waals surface area contributed by atoms with Crippen molar-refractivity contribution in [1.29, 1.82) is 0 Å². The van der Waals surface area contributed by atoms with E-state index in [1.807, 2.05) is 0 Å². The second kappa shape index (κ2) is 4.56. The lowest BCUT2D eigenvalue weighted by Gasteiger charge is -2.22. The second-order valence-corrected chi connectivity index (χ2v) is 7.90. The first kappa shape index (κ1) is 16.9. The summed E-state index contributed by atoms with van der Waals surface area (Å²) in [6.07, 6.45) is 0.121. The molecule has 0 spiro atoms. The Labute approximate surface area is 101 Å². The van der Waals surface area contributed by atoms with Gasteiger partial charge in [-0.25, -0.2) is 4.79 Å². The summed E-state index contributed by atoms with van der Waals surface area (Å²) in [7, 11) is -18.9. The third-order valence-electron chi connectivity index (χ3n) is 1.34. The third kappa shape index (κ3) is 2.68. The predicted octanol–water partition coefficient (Wildman–Crippen LogP) is -2.01. The molecule has 3 N–H and O–H groups in total. The van der Waals surface area contributed by atoms with Crippen molar-refractivity contribution in [2.45, 2.75) is 3.60 Å². The van der Waals surface area contributed by atoms with Crippen molar-refractivity contribution >= 4 is 36.3 Å². The maximum Gasteiger partial charge on any atom is 0.486 e. The minimum absolute atomic E-state index is 0.121. The summed E-state index contributed by atoms with van der Waals surface area (Å²) in [4.78, 5) is 10.7. The van der Waals surface area contributed by atoms with Crippen molar-refractivity contribution in [2.75, 3.05) is 0 Å². The van der Waals surface area contributed by atoms with Gasteiger partial charge >= 0.3 is 39.9 Å². The van der Waals surface area contributed by atoms with Gasteiger partial charge in [0.15, 0.2) is 0 Å². The van der Waals surface area contributed by atoms with Crippen LogP contribution in [0.2, 0.25) is 0 Å². The number of rotatable bonds is 5. The Morgan fingerprint density at radius 2 is 1.22 bits per heavy atom. The highest BCUT2D eigenvalue weighted by molar-refractivity contribution is 8.20. The molecule has 0 aromatic rings. The van der Waals surface area contributed by atoms with E-state index < -0.39 is 39.9 Å². The molecule has 0 bridgehead atoms. The van der Waals surface area contributed by atoms with Gasteiger partial charge in [0.05, 0.1) is 0 Å². The molecule has 0 unspecified atom stereocenters. The fourth-order valence-electron chi connectivity index (χ4n) is 0.722. The molecule has 0 aliphatic heterocycles. The summed E-state index contributed by atoms with van der Waals surface area (Å²) >= 11 is 0. The van der Waals surface area contributed by atoms with Crippen molar-refractivity contribution in [3.8, 4) is 0 Å². The molecule has 0 saturated carbocycles. The summed E-state index contributed by atoms with van der Waals surface area (Å²) in [5, 5.41) is 0. The van der Waals surface area contributed by atoms with Gasteiger partial charge in [0.2, 0.25) is 0 Å².